The first-order valence-corrected chi connectivity index (χ1v) is 8.32. The van der Waals surface area contributed by atoms with E-state index < -0.39 is 6.04 Å². The smallest absolute Gasteiger partial charge is 0.256 e. The van der Waals surface area contributed by atoms with E-state index in [1.807, 2.05) is 32.0 Å². The van der Waals surface area contributed by atoms with Gasteiger partial charge in [0, 0.05) is 5.69 Å². The molecule has 3 rings (SSSR count). The van der Waals surface area contributed by atoms with Crippen LogP contribution in [0.2, 0.25) is 5.02 Å². The maximum atomic E-state index is 12.7. The van der Waals surface area contributed by atoms with Crippen molar-refractivity contribution in [1.29, 1.82) is 0 Å². The number of nitrogens with one attached hydrogen (secondary N) is 1. The largest absolute Gasteiger partial charge is 0.495 e. The summed E-state index contributed by atoms with van der Waals surface area (Å²) in [5.74, 6) is -0.0471. The van der Waals surface area contributed by atoms with E-state index in [0.717, 1.165) is 16.8 Å². The lowest BCUT2D eigenvalue weighted by Gasteiger charge is -2.18. The molecule has 2 aromatic rings. The van der Waals surface area contributed by atoms with E-state index in [1.54, 1.807) is 18.2 Å². The van der Waals surface area contributed by atoms with Gasteiger partial charge in [-0.15, -0.1) is 0 Å². The molecule has 2 amide bonds. The number of hydrogen-bond acceptors (Lipinski definition) is 4. The van der Waals surface area contributed by atoms with Gasteiger partial charge in [0.2, 0.25) is 5.91 Å². The summed E-state index contributed by atoms with van der Waals surface area (Å²) in [6, 6.07) is 10.2. The molecule has 0 aliphatic carbocycles. The summed E-state index contributed by atoms with van der Waals surface area (Å²) in [6.45, 7) is 3.98. The van der Waals surface area contributed by atoms with Crippen molar-refractivity contribution in [3.8, 4) is 5.75 Å². The number of anilines is 2. The molecule has 25 heavy (non-hydrogen) atoms. The van der Waals surface area contributed by atoms with E-state index in [1.165, 1.54) is 12.0 Å². The Kier molecular flexibility index (Phi) is 4.68. The Morgan fingerprint density at radius 2 is 1.92 bits per heavy atom. The average Bonchev–Trinajstić information content (AvgIpc) is 2.84. The number of carbonyl (C=O) groups is 2. The Morgan fingerprint density at radius 1 is 1.16 bits per heavy atom. The van der Waals surface area contributed by atoms with Gasteiger partial charge in [0.25, 0.3) is 5.91 Å². The zero-order valence-electron chi connectivity index (χ0n) is 14.3. The van der Waals surface area contributed by atoms with Gasteiger partial charge in [-0.3, -0.25) is 9.59 Å². The topological polar surface area (TPSA) is 58.6 Å². The molecule has 130 valence electrons. The van der Waals surface area contributed by atoms with Crippen LogP contribution < -0.4 is 15.0 Å². The molecular formula is C19H19ClN2O3. The molecule has 1 fully saturated rings. The summed E-state index contributed by atoms with van der Waals surface area (Å²) in [7, 11) is 1.51. The third-order valence-corrected chi connectivity index (χ3v) is 4.55. The van der Waals surface area contributed by atoms with Crippen molar-refractivity contribution < 1.29 is 14.3 Å². The molecule has 1 N–H and O–H groups in total. The maximum Gasteiger partial charge on any atom is 0.256 e. The molecule has 0 saturated carbocycles. The fourth-order valence-corrected chi connectivity index (χ4v) is 3.23. The van der Waals surface area contributed by atoms with E-state index in [2.05, 4.69) is 5.32 Å². The summed E-state index contributed by atoms with van der Waals surface area (Å²) in [5.41, 5.74) is 3.48. The molecule has 1 saturated heterocycles. The average molecular weight is 359 g/mol. The second kappa shape index (κ2) is 6.76. The van der Waals surface area contributed by atoms with Crippen molar-refractivity contribution in [2.45, 2.75) is 26.3 Å². The molecule has 1 aliphatic rings. The number of halogens is 1. The van der Waals surface area contributed by atoms with E-state index >= 15 is 0 Å². The Labute approximate surface area is 151 Å². The van der Waals surface area contributed by atoms with Gasteiger partial charge in [0.15, 0.2) is 0 Å². The first kappa shape index (κ1) is 17.3. The van der Waals surface area contributed by atoms with Gasteiger partial charge < -0.3 is 10.1 Å². The van der Waals surface area contributed by atoms with Gasteiger partial charge in [0.05, 0.1) is 24.2 Å². The SMILES string of the molecule is COc1ccc(N2C(=O)C[C@H](Nc3ccc(C)cc3C)C2=O)cc1Cl. The molecule has 6 heteroatoms. The molecule has 1 aliphatic heterocycles. The zero-order chi connectivity index (χ0) is 18.1. The number of rotatable bonds is 4. The number of aryl methyl sites for hydroxylation is 2. The maximum absolute atomic E-state index is 12.7. The summed E-state index contributed by atoms with van der Waals surface area (Å²) in [4.78, 5) is 26.3. The van der Waals surface area contributed by atoms with E-state index in [0.29, 0.717) is 16.5 Å². The van der Waals surface area contributed by atoms with Crippen molar-refractivity contribution in [3.05, 3.63) is 52.5 Å². The normalized spacial score (nSPS) is 17.1. The van der Waals surface area contributed by atoms with Crippen LogP contribution in [0.3, 0.4) is 0 Å². The fourth-order valence-electron chi connectivity index (χ4n) is 2.97. The van der Waals surface area contributed by atoms with Crippen molar-refractivity contribution in [1.82, 2.24) is 0 Å². The lowest BCUT2D eigenvalue weighted by Crippen LogP contribution is -2.34. The summed E-state index contributed by atoms with van der Waals surface area (Å²) in [6.07, 6.45) is 0.107. The number of benzene rings is 2. The Bertz CT molecular complexity index is 851. The number of imide groups is 1. The van der Waals surface area contributed by atoms with Crippen molar-refractivity contribution in [3.63, 3.8) is 0 Å². The van der Waals surface area contributed by atoms with Crippen LogP contribution in [0, 0.1) is 13.8 Å². The molecule has 0 radical (unpaired) electrons. The van der Waals surface area contributed by atoms with Crippen molar-refractivity contribution in [2.75, 3.05) is 17.3 Å². The minimum atomic E-state index is -0.588. The fraction of sp³-hybridized carbons (Fsp3) is 0.263. The minimum absolute atomic E-state index is 0.107. The summed E-state index contributed by atoms with van der Waals surface area (Å²) >= 11 is 6.12. The van der Waals surface area contributed by atoms with Gasteiger partial charge >= 0.3 is 0 Å². The molecule has 1 atom stereocenters. The van der Waals surface area contributed by atoms with Gasteiger partial charge in [-0.1, -0.05) is 29.3 Å². The molecule has 1 heterocycles. The standard InChI is InChI=1S/C19H19ClN2O3/c1-11-4-6-15(12(2)8-11)21-16-10-18(23)22(19(16)24)13-5-7-17(25-3)14(20)9-13/h4-9,16,21H,10H2,1-3H3/t16-/m0/s1. The van der Waals surface area contributed by atoms with Crippen LogP contribution in [-0.4, -0.2) is 25.0 Å². The van der Waals surface area contributed by atoms with Crippen LogP contribution in [0.15, 0.2) is 36.4 Å². The molecule has 0 unspecified atom stereocenters. The zero-order valence-corrected chi connectivity index (χ0v) is 15.1. The van der Waals surface area contributed by atoms with E-state index in [-0.39, 0.29) is 18.2 Å². The van der Waals surface area contributed by atoms with Gasteiger partial charge in [-0.2, -0.15) is 0 Å². The highest BCUT2D eigenvalue weighted by atomic mass is 35.5. The highest BCUT2D eigenvalue weighted by Gasteiger charge is 2.39. The van der Waals surface area contributed by atoms with E-state index in [9.17, 15) is 9.59 Å². The Morgan fingerprint density at radius 3 is 2.56 bits per heavy atom. The first-order chi connectivity index (χ1) is 11.9. The number of nitrogens with zero attached hydrogens (tertiary/aromatic N) is 1. The Balaban J connectivity index is 1.83. The third-order valence-electron chi connectivity index (χ3n) is 4.25. The van der Waals surface area contributed by atoms with Crippen molar-refractivity contribution in [2.24, 2.45) is 0 Å². The van der Waals surface area contributed by atoms with Crippen LogP contribution >= 0.6 is 11.6 Å². The van der Waals surface area contributed by atoms with E-state index in [4.69, 9.17) is 16.3 Å². The Hall–Kier alpha value is -2.53. The predicted octanol–water partition coefficient (Wildman–Crippen LogP) is 3.71. The molecule has 0 spiro atoms. The van der Waals surface area contributed by atoms with Crippen LogP contribution in [0.25, 0.3) is 0 Å². The predicted molar refractivity (Wildman–Crippen MR) is 98.4 cm³/mol. The van der Waals surface area contributed by atoms with Gasteiger partial charge in [-0.05, 0) is 43.7 Å². The molecular weight excluding hydrogens is 340 g/mol. The monoisotopic (exact) mass is 358 g/mol. The number of methoxy groups -OCH3 is 1. The first-order valence-electron chi connectivity index (χ1n) is 7.95. The quantitative estimate of drug-likeness (QED) is 0.846. The number of amides is 2. The minimum Gasteiger partial charge on any atom is -0.495 e. The number of carbonyl (C=O) groups excluding carboxylic acids is 2. The van der Waals surface area contributed by atoms with Crippen LogP contribution in [0.5, 0.6) is 5.75 Å². The number of hydrogen-bond donors (Lipinski definition) is 1. The molecule has 0 aromatic heterocycles. The van der Waals surface area contributed by atoms with Gasteiger partial charge in [-0.25, -0.2) is 4.90 Å². The second-order valence-corrected chi connectivity index (χ2v) is 6.51. The van der Waals surface area contributed by atoms with Crippen LogP contribution in [0.1, 0.15) is 17.5 Å². The lowest BCUT2D eigenvalue weighted by molar-refractivity contribution is -0.121. The van der Waals surface area contributed by atoms with Crippen LogP contribution in [-0.2, 0) is 9.59 Å². The third kappa shape index (κ3) is 3.33. The molecule has 5 nitrogen and oxygen atoms in total. The second-order valence-electron chi connectivity index (χ2n) is 6.11. The van der Waals surface area contributed by atoms with Crippen molar-refractivity contribution >= 4 is 34.8 Å². The highest BCUT2D eigenvalue weighted by molar-refractivity contribution is 6.33. The van der Waals surface area contributed by atoms with Gasteiger partial charge in [0.1, 0.15) is 11.8 Å². The highest BCUT2D eigenvalue weighted by Crippen LogP contribution is 2.32. The molecule has 2 aromatic carbocycles. The molecule has 0 bridgehead atoms. The summed E-state index contributed by atoms with van der Waals surface area (Å²) < 4.78 is 5.11. The van der Waals surface area contributed by atoms with Crippen LogP contribution in [0.4, 0.5) is 11.4 Å². The number of ether oxygens (including phenoxy) is 1. The summed E-state index contributed by atoms with van der Waals surface area (Å²) in [5, 5.41) is 3.54. The lowest BCUT2D eigenvalue weighted by atomic mass is 10.1.